The second-order valence-corrected chi connectivity index (χ2v) is 6.63. The summed E-state index contributed by atoms with van der Waals surface area (Å²) in [5.41, 5.74) is 1.50. The molecular formula is C19H16N4O4S. The summed E-state index contributed by atoms with van der Waals surface area (Å²) in [5, 5.41) is 6.11. The summed E-state index contributed by atoms with van der Waals surface area (Å²) in [4.78, 5) is 22.2. The van der Waals surface area contributed by atoms with Gasteiger partial charge in [0.25, 0.3) is 5.78 Å². The molecule has 0 saturated carbocycles. The molecule has 0 unspecified atom stereocenters. The van der Waals surface area contributed by atoms with Crippen molar-refractivity contribution < 1.29 is 19.0 Å². The van der Waals surface area contributed by atoms with Crippen LogP contribution in [-0.2, 0) is 0 Å². The zero-order valence-electron chi connectivity index (χ0n) is 15.4. The van der Waals surface area contributed by atoms with Crippen LogP contribution < -0.4 is 14.2 Å². The first kappa shape index (κ1) is 17.9. The van der Waals surface area contributed by atoms with Crippen molar-refractivity contribution in [2.75, 3.05) is 21.3 Å². The molecule has 1 aromatic carbocycles. The van der Waals surface area contributed by atoms with Gasteiger partial charge >= 0.3 is 0 Å². The number of aromatic nitrogens is 4. The molecular weight excluding hydrogens is 380 g/mol. The maximum Gasteiger partial charge on any atom is 0.252 e. The number of carbonyl (C=O) groups is 1. The van der Waals surface area contributed by atoms with E-state index in [1.165, 1.54) is 42.6 Å². The third-order valence-corrected chi connectivity index (χ3v) is 5.12. The number of ketones is 1. The highest BCUT2D eigenvalue weighted by Crippen LogP contribution is 2.45. The fourth-order valence-electron chi connectivity index (χ4n) is 3.03. The van der Waals surface area contributed by atoms with E-state index in [2.05, 4.69) is 15.1 Å². The number of thiophene rings is 1. The maximum absolute atomic E-state index is 13.2. The molecule has 3 heterocycles. The van der Waals surface area contributed by atoms with Gasteiger partial charge < -0.3 is 14.2 Å². The van der Waals surface area contributed by atoms with Gasteiger partial charge in [-0.1, -0.05) is 6.07 Å². The number of methoxy groups -OCH3 is 3. The van der Waals surface area contributed by atoms with Crippen LogP contribution in [0, 0.1) is 0 Å². The molecule has 0 aliphatic heterocycles. The molecule has 4 rings (SSSR count). The Labute approximate surface area is 164 Å². The van der Waals surface area contributed by atoms with E-state index >= 15 is 0 Å². The fraction of sp³-hybridized carbons (Fsp3) is 0.158. The van der Waals surface area contributed by atoms with Crippen molar-refractivity contribution in [1.29, 1.82) is 0 Å². The summed E-state index contributed by atoms with van der Waals surface area (Å²) in [5.74, 6) is 1.56. The Bertz CT molecular complexity index is 1150. The van der Waals surface area contributed by atoms with Crippen LogP contribution in [0.1, 0.15) is 15.2 Å². The molecule has 0 N–H and O–H groups in total. The van der Waals surface area contributed by atoms with Crippen LogP contribution in [0.2, 0.25) is 0 Å². The van der Waals surface area contributed by atoms with Gasteiger partial charge in [0, 0.05) is 11.8 Å². The number of rotatable bonds is 6. The van der Waals surface area contributed by atoms with Crippen molar-refractivity contribution >= 4 is 22.9 Å². The molecule has 0 bridgehead atoms. The number of ether oxygens (including phenoxy) is 3. The lowest BCUT2D eigenvalue weighted by Gasteiger charge is -2.17. The summed E-state index contributed by atoms with van der Waals surface area (Å²) in [6.45, 7) is 0. The molecule has 0 spiro atoms. The highest BCUT2D eigenvalue weighted by atomic mass is 32.1. The minimum Gasteiger partial charge on any atom is -0.493 e. The quantitative estimate of drug-likeness (QED) is 0.463. The van der Waals surface area contributed by atoms with Crippen LogP contribution in [0.5, 0.6) is 17.2 Å². The summed E-state index contributed by atoms with van der Waals surface area (Å²) in [6.07, 6.45) is 2.90. The first-order valence-electron chi connectivity index (χ1n) is 8.25. The van der Waals surface area contributed by atoms with Crippen LogP contribution in [0.15, 0.2) is 42.2 Å². The minimum absolute atomic E-state index is 0.160. The van der Waals surface area contributed by atoms with E-state index in [4.69, 9.17) is 14.2 Å². The van der Waals surface area contributed by atoms with Crippen molar-refractivity contribution in [3.8, 4) is 28.5 Å². The van der Waals surface area contributed by atoms with Gasteiger partial charge in [-0.05, 0) is 23.6 Å². The lowest BCUT2D eigenvalue weighted by atomic mass is 10.0. The Morgan fingerprint density at radius 3 is 2.54 bits per heavy atom. The van der Waals surface area contributed by atoms with Gasteiger partial charge in [-0.15, -0.1) is 11.3 Å². The number of benzene rings is 1. The van der Waals surface area contributed by atoms with Crippen molar-refractivity contribution in [2.45, 2.75) is 0 Å². The molecule has 9 heteroatoms. The lowest BCUT2D eigenvalue weighted by Crippen LogP contribution is -2.09. The van der Waals surface area contributed by atoms with Gasteiger partial charge in [0.05, 0.1) is 37.5 Å². The number of nitrogens with zero attached hydrogens (tertiary/aromatic N) is 4. The van der Waals surface area contributed by atoms with Crippen LogP contribution in [0.4, 0.5) is 0 Å². The average molecular weight is 396 g/mol. The topological polar surface area (TPSA) is 87.8 Å². The first-order chi connectivity index (χ1) is 13.7. The molecule has 0 aliphatic carbocycles. The van der Waals surface area contributed by atoms with Crippen LogP contribution in [0.3, 0.4) is 0 Å². The molecule has 0 fully saturated rings. The Balaban J connectivity index is 2.05. The number of carbonyl (C=O) groups excluding carboxylic acids is 1. The predicted molar refractivity (Wildman–Crippen MR) is 104 cm³/mol. The predicted octanol–water partition coefficient (Wildman–Crippen LogP) is 3.11. The SMILES string of the molecule is COc1ccc(-c2c(C(=O)c3cccs3)cnc3ncnn23)c(OC)c1OC. The Morgan fingerprint density at radius 2 is 1.86 bits per heavy atom. The molecule has 0 radical (unpaired) electrons. The molecule has 142 valence electrons. The first-order valence-corrected chi connectivity index (χ1v) is 9.13. The largest absolute Gasteiger partial charge is 0.493 e. The van der Waals surface area contributed by atoms with Gasteiger partial charge in [-0.2, -0.15) is 14.6 Å². The summed E-state index contributed by atoms with van der Waals surface area (Å²) in [7, 11) is 4.60. The smallest absolute Gasteiger partial charge is 0.252 e. The Morgan fingerprint density at radius 1 is 1.04 bits per heavy atom. The zero-order valence-corrected chi connectivity index (χ0v) is 16.2. The minimum atomic E-state index is -0.160. The van der Waals surface area contributed by atoms with Crippen LogP contribution >= 0.6 is 11.3 Å². The average Bonchev–Trinajstić information content (AvgIpc) is 3.43. The zero-order chi connectivity index (χ0) is 19.7. The van der Waals surface area contributed by atoms with Gasteiger partial charge in [-0.3, -0.25) is 4.79 Å². The second-order valence-electron chi connectivity index (χ2n) is 5.68. The van der Waals surface area contributed by atoms with E-state index in [1.54, 1.807) is 25.3 Å². The van der Waals surface area contributed by atoms with Gasteiger partial charge in [0.2, 0.25) is 11.5 Å². The van der Waals surface area contributed by atoms with Crippen molar-refractivity contribution in [3.63, 3.8) is 0 Å². The summed E-state index contributed by atoms with van der Waals surface area (Å²) >= 11 is 1.36. The number of hydrogen-bond donors (Lipinski definition) is 0. The molecule has 0 saturated heterocycles. The molecule has 0 atom stereocenters. The van der Waals surface area contributed by atoms with Gasteiger partial charge in [0.15, 0.2) is 11.5 Å². The molecule has 8 nitrogen and oxygen atoms in total. The number of hydrogen-bond acceptors (Lipinski definition) is 8. The Hall–Kier alpha value is -3.46. The van der Waals surface area contributed by atoms with Crippen LogP contribution in [-0.4, -0.2) is 46.7 Å². The third kappa shape index (κ3) is 2.76. The lowest BCUT2D eigenvalue weighted by molar-refractivity contribution is 0.104. The Kier molecular flexibility index (Phi) is 4.66. The van der Waals surface area contributed by atoms with E-state index < -0.39 is 0 Å². The fourth-order valence-corrected chi connectivity index (χ4v) is 3.71. The van der Waals surface area contributed by atoms with E-state index in [1.807, 2.05) is 11.4 Å². The molecule has 0 aliphatic rings. The van der Waals surface area contributed by atoms with E-state index in [0.29, 0.717) is 44.7 Å². The summed E-state index contributed by atoms with van der Waals surface area (Å²) < 4.78 is 18.0. The summed E-state index contributed by atoms with van der Waals surface area (Å²) in [6, 6.07) is 7.14. The monoisotopic (exact) mass is 396 g/mol. The molecule has 28 heavy (non-hydrogen) atoms. The maximum atomic E-state index is 13.2. The van der Waals surface area contributed by atoms with Crippen molar-refractivity contribution in [3.05, 3.63) is 52.6 Å². The number of fused-ring (bicyclic) bond motifs is 1. The normalized spacial score (nSPS) is 10.8. The van der Waals surface area contributed by atoms with Gasteiger partial charge in [-0.25, -0.2) is 4.98 Å². The molecule has 3 aromatic heterocycles. The van der Waals surface area contributed by atoms with E-state index in [-0.39, 0.29) is 5.78 Å². The third-order valence-electron chi connectivity index (χ3n) is 4.25. The standard InChI is InChI=1S/C19H16N4O4S/c1-25-13-7-6-11(17(26-2)18(13)27-3)15-12(16(24)14-5-4-8-28-14)9-20-19-21-10-22-23(15)19/h4-10H,1-3H3. The van der Waals surface area contributed by atoms with Crippen molar-refractivity contribution in [2.24, 2.45) is 0 Å². The van der Waals surface area contributed by atoms with Crippen molar-refractivity contribution in [1.82, 2.24) is 19.6 Å². The second kappa shape index (κ2) is 7.28. The van der Waals surface area contributed by atoms with E-state index in [0.717, 1.165) is 0 Å². The van der Waals surface area contributed by atoms with E-state index in [9.17, 15) is 4.79 Å². The molecule has 4 aromatic rings. The molecule has 0 amide bonds. The van der Waals surface area contributed by atoms with Gasteiger partial charge in [0.1, 0.15) is 6.33 Å². The van der Waals surface area contributed by atoms with Crippen LogP contribution in [0.25, 0.3) is 17.0 Å². The highest BCUT2D eigenvalue weighted by molar-refractivity contribution is 7.12. The highest BCUT2D eigenvalue weighted by Gasteiger charge is 2.25.